The monoisotopic (exact) mass is 452 g/mol. The molecule has 11 nitrogen and oxygen atoms in total. The molecule has 0 saturated heterocycles. The first-order valence-corrected chi connectivity index (χ1v) is 10.1. The second kappa shape index (κ2) is 10.1. The minimum atomic E-state index is -4.64. The van der Waals surface area contributed by atoms with Gasteiger partial charge in [0, 0.05) is 12.1 Å². The molecule has 5 N–H and O–H groups in total. The number of rotatable bonds is 6. The van der Waals surface area contributed by atoms with Crippen molar-refractivity contribution in [2.75, 3.05) is 21.3 Å². The van der Waals surface area contributed by atoms with Gasteiger partial charge in [-0.05, 0) is 24.3 Å². The number of carboxylic acid groups (broad SMARTS) is 1. The third-order valence-electron chi connectivity index (χ3n) is 3.92. The number of hydrogen-bond donors (Lipinski definition) is 5. The van der Waals surface area contributed by atoms with Crippen molar-refractivity contribution in [1.82, 2.24) is 9.97 Å². The molecule has 0 unspecified atom stereocenters. The smallest absolute Gasteiger partial charge is 0.466 e. The third kappa shape index (κ3) is 6.56. The van der Waals surface area contributed by atoms with Crippen LogP contribution in [0.25, 0.3) is 23.2 Å². The van der Waals surface area contributed by atoms with Gasteiger partial charge in [0.1, 0.15) is 28.6 Å². The standard InChI is InChI=1S/C19H18N2O5.H3O4P/c1-24-11-9-15(25-2)12(16(10-11)26-3)7-8-17-20-14-6-4-5-13(19(22)23)18(14)21-17;1-5(2,3)4/h4-10H,1-3H3,(H,20,21)(H,22,23);(H3,1,2,3,4)/b8-7+;. The van der Waals surface area contributed by atoms with E-state index in [1.165, 1.54) is 6.07 Å². The Bertz CT molecular complexity index is 1120. The summed E-state index contributed by atoms with van der Waals surface area (Å²) in [5.74, 6) is 1.29. The Morgan fingerprint density at radius 1 is 1.03 bits per heavy atom. The summed E-state index contributed by atoms with van der Waals surface area (Å²) in [6, 6.07) is 8.48. The van der Waals surface area contributed by atoms with Crippen molar-refractivity contribution in [3.05, 3.63) is 47.3 Å². The van der Waals surface area contributed by atoms with Crippen molar-refractivity contribution in [2.24, 2.45) is 0 Å². The van der Waals surface area contributed by atoms with Crippen molar-refractivity contribution >= 4 is 37.0 Å². The Balaban J connectivity index is 0.000000614. The quantitative estimate of drug-likeness (QED) is 0.350. The highest BCUT2D eigenvalue weighted by molar-refractivity contribution is 7.45. The summed E-state index contributed by atoms with van der Waals surface area (Å²) in [5, 5.41) is 9.27. The highest BCUT2D eigenvalue weighted by Crippen LogP contribution is 2.35. The Kier molecular flexibility index (Phi) is 7.78. The van der Waals surface area contributed by atoms with Gasteiger partial charge in [0.2, 0.25) is 0 Å². The molecule has 0 saturated carbocycles. The Labute approximate surface area is 176 Å². The molecule has 0 radical (unpaired) electrons. The van der Waals surface area contributed by atoms with Gasteiger partial charge >= 0.3 is 13.8 Å². The summed E-state index contributed by atoms with van der Waals surface area (Å²) in [7, 11) is 0.0515. The number of nitrogens with one attached hydrogen (secondary N) is 1. The average molecular weight is 452 g/mol. The summed E-state index contributed by atoms with van der Waals surface area (Å²) in [4.78, 5) is 40.3. The number of nitrogens with zero attached hydrogens (tertiary/aromatic N) is 1. The molecule has 3 rings (SSSR count). The minimum Gasteiger partial charge on any atom is -0.496 e. The topological polar surface area (TPSA) is 171 Å². The highest BCUT2D eigenvalue weighted by atomic mass is 31.2. The maximum absolute atomic E-state index is 11.3. The lowest BCUT2D eigenvalue weighted by Crippen LogP contribution is -1.96. The fourth-order valence-corrected chi connectivity index (χ4v) is 2.66. The number of aromatic nitrogens is 2. The summed E-state index contributed by atoms with van der Waals surface area (Å²) in [5.41, 5.74) is 1.93. The average Bonchev–Trinajstić information content (AvgIpc) is 3.13. The number of aromatic carboxylic acids is 1. The Hall–Kier alpha value is -3.37. The molecular formula is C19H21N2O9P. The number of benzene rings is 2. The van der Waals surface area contributed by atoms with Crippen molar-refractivity contribution < 1.29 is 43.4 Å². The fraction of sp³-hybridized carbons (Fsp3) is 0.158. The van der Waals surface area contributed by atoms with Crippen LogP contribution in [0.4, 0.5) is 0 Å². The van der Waals surface area contributed by atoms with Gasteiger partial charge < -0.3 is 39.0 Å². The van der Waals surface area contributed by atoms with Gasteiger partial charge in [-0.15, -0.1) is 0 Å². The molecule has 12 heteroatoms. The number of carboxylic acids is 1. The molecule has 2 aromatic carbocycles. The second-order valence-electron chi connectivity index (χ2n) is 5.92. The van der Waals surface area contributed by atoms with E-state index in [-0.39, 0.29) is 5.56 Å². The zero-order valence-electron chi connectivity index (χ0n) is 16.8. The first kappa shape index (κ1) is 23.9. The second-order valence-corrected chi connectivity index (χ2v) is 6.95. The third-order valence-corrected chi connectivity index (χ3v) is 3.92. The number of H-pyrrole nitrogens is 1. The van der Waals surface area contributed by atoms with Crippen LogP contribution in [0.5, 0.6) is 17.2 Å². The van der Waals surface area contributed by atoms with E-state index in [1.54, 1.807) is 57.7 Å². The molecule has 166 valence electrons. The van der Waals surface area contributed by atoms with Gasteiger partial charge in [-0.3, -0.25) is 0 Å². The molecule has 0 atom stereocenters. The number of aromatic amines is 1. The van der Waals surface area contributed by atoms with Crippen molar-refractivity contribution in [2.45, 2.75) is 0 Å². The number of carbonyl (C=O) groups is 1. The molecule has 0 bridgehead atoms. The zero-order chi connectivity index (χ0) is 23.2. The van der Waals surface area contributed by atoms with E-state index in [0.29, 0.717) is 34.1 Å². The van der Waals surface area contributed by atoms with Gasteiger partial charge in [-0.25, -0.2) is 14.3 Å². The van der Waals surface area contributed by atoms with E-state index in [2.05, 4.69) is 9.97 Å². The molecule has 0 spiro atoms. The Morgan fingerprint density at radius 2 is 1.61 bits per heavy atom. The first-order valence-electron chi connectivity index (χ1n) is 8.55. The van der Waals surface area contributed by atoms with Crippen LogP contribution >= 0.6 is 7.82 Å². The van der Waals surface area contributed by atoms with Crippen LogP contribution in [0.3, 0.4) is 0 Å². The summed E-state index contributed by atoms with van der Waals surface area (Å²) >= 11 is 0. The van der Waals surface area contributed by atoms with Crippen molar-refractivity contribution in [3.63, 3.8) is 0 Å². The predicted molar refractivity (Wildman–Crippen MR) is 112 cm³/mol. The summed E-state index contributed by atoms with van der Waals surface area (Å²) < 4.78 is 24.9. The lowest BCUT2D eigenvalue weighted by Gasteiger charge is -2.12. The number of imidazole rings is 1. The number of para-hydroxylation sites is 1. The number of fused-ring (bicyclic) bond motifs is 1. The molecule has 1 aromatic heterocycles. The van der Waals surface area contributed by atoms with E-state index in [1.807, 2.05) is 0 Å². The largest absolute Gasteiger partial charge is 0.496 e. The van der Waals surface area contributed by atoms with Gasteiger partial charge in [0.15, 0.2) is 0 Å². The maximum Gasteiger partial charge on any atom is 0.466 e. The molecule has 1 heterocycles. The molecule has 0 amide bonds. The van der Waals surface area contributed by atoms with Gasteiger partial charge in [0.05, 0.1) is 38.0 Å². The van der Waals surface area contributed by atoms with Crippen LogP contribution in [-0.2, 0) is 4.57 Å². The number of phosphoric acid groups is 1. The van der Waals surface area contributed by atoms with Crippen LogP contribution in [0.2, 0.25) is 0 Å². The van der Waals surface area contributed by atoms with Crippen LogP contribution in [-0.4, -0.2) is 57.1 Å². The van der Waals surface area contributed by atoms with Crippen LogP contribution < -0.4 is 14.2 Å². The molecule has 31 heavy (non-hydrogen) atoms. The first-order chi connectivity index (χ1) is 14.6. The molecule has 0 fully saturated rings. The zero-order valence-corrected chi connectivity index (χ0v) is 17.7. The van der Waals surface area contributed by atoms with Crippen molar-refractivity contribution in [1.29, 1.82) is 0 Å². The van der Waals surface area contributed by atoms with E-state index < -0.39 is 13.8 Å². The minimum absolute atomic E-state index is 0.151. The summed E-state index contributed by atoms with van der Waals surface area (Å²) in [6.45, 7) is 0. The number of methoxy groups -OCH3 is 3. The van der Waals surface area contributed by atoms with E-state index >= 15 is 0 Å². The molecule has 0 aliphatic rings. The van der Waals surface area contributed by atoms with Crippen molar-refractivity contribution in [3.8, 4) is 17.2 Å². The summed E-state index contributed by atoms with van der Waals surface area (Å²) in [6.07, 6.45) is 3.52. The van der Waals surface area contributed by atoms with E-state index in [4.69, 9.17) is 33.5 Å². The SMILES string of the molecule is COc1cc(OC)c(/C=C/c2nc3c(C(=O)O)cccc3[nH]2)c(OC)c1.O=P(O)(O)O. The van der Waals surface area contributed by atoms with Crippen LogP contribution in [0.1, 0.15) is 21.7 Å². The molecule has 3 aromatic rings. The maximum atomic E-state index is 11.3. The fourth-order valence-electron chi connectivity index (χ4n) is 2.66. The van der Waals surface area contributed by atoms with E-state index in [9.17, 15) is 9.90 Å². The normalized spacial score (nSPS) is 11.2. The number of ether oxygens (including phenoxy) is 3. The molecule has 0 aliphatic heterocycles. The van der Waals surface area contributed by atoms with Gasteiger partial charge in [0.25, 0.3) is 0 Å². The Morgan fingerprint density at radius 3 is 2.10 bits per heavy atom. The lowest BCUT2D eigenvalue weighted by molar-refractivity contribution is 0.0698. The predicted octanol–water partition coefficient (Wildman–Crippen LogP) is 2.53. The molecule has 0 aliphatic carbocycles. The lowest BCUT2D eigenvalue weighted by atomic mass is 10.1. The number of hydrogen-bond acceptors (Lipinski definition) is 6. The van der Waals surface area contributed by atoms with Gasteiger partial charge in [-0.2, -0.15) is 0 Å². The molecular weight excluding hydrogens is 431 g/mol. The van der Waals surface area contributed by atoms with Gasteiger partial charge in [-0.1, -0.05) is 6.07 Å². The van der Waals surface area contributed by atoms with E-state index in [0.717, 1.165) is 5.56 Å². The van der Waals surface area contributed by atoms with Crippen LogP contribution in [0, 0.1) is 0 Å². The van der Waals surface area contributed by atoms with Crippen LogP contribution in [0.15, 0.2) is 30.3 Å². The highest BCUT2D eigenvalue weighted by Gasteiger charge is 2.13.